The second kappa shape index (κ2) is 8.46. The molecule has 1 aromatic heterocycles. The van der Waals surface area contributed by atoms with E-state index in [1.54, 1.807) is 4.90 Å². The molecule has 0 saturated heterocycles. The Hall–Kier alpha value is -1.82. The standard InChI is InChI=1S/C15H24N2O4/c1-12-7-8-13(21-12)11-17(10-9-16(2)3)14(18)5-4-6-15(19)20/h7-8H,4-6,9-11H2,1-3H3,(H,19,20). The van der Waals surface area contributed by atoms with Gasteiger partial charge in [-0.3, -0.25) is 9.59 Å². The van der Waals surface area contributed by atoms with E-state index in [2.05, 4.69) is 0 Å². The first kappa shape index (κ1) is 17.2. The Morgan fingerprint density at radius 3 is 2.43 bits per heavy atom. The van der Waals surface area contributed by atoms with Crippen molar-refractivity contribution in [3.05, 3.63) is 23.7 Å². The fourth-order valence-corrected chi connectivity index (χ4v) is 1.92. The van der Waals surface area contributed by atoms with E-state index in [9.17, 15) is 9.59 Å². The highest BCUT2D eigenvalue weighted by atomic mass is 16.4. The normalized spacial score (nSPS) is 10.9. The van der Waals surface area contributed by atoms with Crippen LogP contribution in [0.1, 0.15) is 30.8 Å². The molecule has 1 heterocycles. The molecule has 1 aromatic rings. The van der Waals surface area contributed by atoms with Gasteiger partial charge in [0.1, 0.15) is 11.5 Å². The molecular formula is C15H24N2O4. The first-order valence-corrected chi connectivity index (χ1v) is 7.08. The lowest BCUT2D eigenvalue weighted by molar-refractivity contribution is -0.137. The summed E-state index contributed by atoms with van der Waals surface area (Å²) in [5.41, 5.74) is 0. The smallest absolute Gasteiger partial charge is 0.303 e. The fourth-order valence-electron chi connectivity index (χ4n) is 1.92. The molecular weight excluding hydrogens is 272 g/mol. The molecule has 6 heteroatoms. The van der Waals surface area contributed by atoms with Gasteiger partial charge in [0.2, 0.25) is 5.91 Å². The van der Waals surface area contributed by atoms with Gasteiger partial charge in [-0.2, -0.15) is 0 Å². The van der Waals surface area contributed by atoms with Crippen LogP contribution in [0.2, 0.25) is 0 Å². The Morgan fingerprint density at radius 1 is 1.19 bits per heavy atom. The third-order valence-electron chi connectivity index (χ3n) is 3.09. The van der Waals surface area contributed by atoms with E-state index < -0.39 is 5.97 Å². The summed E-state index contributed by atoms with van der Waals surface area (Å²) in [6.45, 7) is 3.64. The van der Waals surface area contributed by atoms with Gasteiger partial charge in [0.25, 0.3) is 0 Å². The van der Waals surface area contributed by atoms with Gasteiger partial charge >= 0.3 is 5.97 Å². The number of carboxylic acids is 1. The summed E-state index contributed by atoms with van der Waals surface area (Å²) in [5, 5.41) is 8.63. The summed E-state index contributed by atoms with van der Waals surface area (Å²) in [7, 11) is 3.90. The maximum atomic E-state index is 12.2. The number of hydrogen-bond donors (Lipinski definition) is 1. The fraction of sp³-hybridized carbons (Fsp3) is 0.600. The Kier molecular flexibility index (Phi) is 6.94. The zero-order chi connectivity index (χ0) is 15.8. The number of carboxylic acid groups (broad SMARTS) is 1. The van der Waals surface area contributed by atoms with Crippen molar-refractivity contribution < 1.29 is 19.1 Å². The Bertz CT molecular complexity index is 468. The van der Waals surface area contributed by atoms with Crippen molar-refractivity contribution in [2.24, 2.45) is 0 Å². The molecule has 1 rings (SSSR count). The maximum Gasteiger partial charge on any atom is 0.303 e. The van der Waals surface area contributed by atoms with Crippen molar-refractivity contribution in [1.29, 1.82) is 0 Å². The number of nitrogens with zero attached hydrogens (tertiary/aromatic N) is 2. The average molecular weight is 296 g/mol. The van der Waals surface area contributed by atoms with E-state index in [-0.39, 0.29) is 18.7 Å². The molecule has 1 N–H and O–H groups in total. The number of aryl methyl sites for hydroxylation is 1. The van der Waals surface area contributed by atoms with Crippen LogP contribution in [0.5, 0.6) is 0 Å². The van der Waals surface area contributed by atoms with Crippen molar-refractivity contribution in [1.82, 2.24) is 9.80 Å². The van der Waals surface area contributed by atoms with Crippen LogP contribution in [-0.2, 0) is 16.1 Å². The Morgan fingerprint density at radius 2 is 1.90 bits per heavy atom. The van der Waals surface area contributed by atoms with Crippen LogP contribution < -0.4 is 0 Å². The number of carbonyl (C=O) groups is 2. The lowest BCUT2D eigenvalue weighted by atomic mass is 10.2. The maximum absolute atomic E-state index is 12.2. The molecule has 6 nitrogen and oxygen atoms in total. The Labute approximate surface area is 125 Å². The summed E-state index contributed by atoms with van der Waals surface area (Å²) in [6.07, 6.45) is 0.635. The van der Waals surface area contributed by atoms with Gasteiger partial charge in [0.05, 0.1) is 6.54 Å². The third kappa shape index (κ3) is 6.94. The van der Waals surface area contributed by atoms with Gasteiger partial charge in [0.15, 0.2) is 0 Å². The molecule has 0 bridgehead atoms. The van der Waals surface area contributed by atoms with E-state index in [0.717, 1.165) is 18.1 Å². The zero-order valence-electron chi connectivity index (χ0n) is 13.0. The van der Waals surface area contributed by atoms with Crippen LogP contribution >= 0.6 is 0 Å². The minimum absolute atomic E-state index is 0.0210. The van der Waals surface area contributed by atoms with Gasteiger partial charge < -0.3 is 19.3 Å². The number of furan rings is 1. The highest BCUT2D eigenvalue weighted by Crippen LogP contribution is 2.11. The molecule has 0 aromatic carbocycles. The second-order valence-corrected chi connectivity index (χ2v) is 5.38. The summed E-state index contributed by atoms with van der Waals surface area (Å²) < 4.78 is 5.51. The molecule has 118 valence electrons. The predicted molar refractivity (Wildman–Crippen MR) is 78.9 cm³/mol. The second-order valence-electron chi connectivity index (χ2n) is 5.38. The minimum atomic E-state index is -0.871. The summed E-state index contributed by atoms with van der Waals surface area (Å²) in [5.74, 6) is 0.658. The summed E-state index contributed by atoms with van der Waals surface area (Å²) >= 11 is 0. The van der Waals surface area contributed by atoms with E-state index in [1.807, 2.05) is 38.1 Å². The van der Waals surface area contributed by atoms with E-state index in [1.165, 1.54) is 0 Å². The molecule has 0 atom stereocenters. The van der Waals surface area contributed by atoms with Crippen LogP contribution in [0.3, 0.4) is 0 Å². The van der Waals surface area contributed by atoms with Crippen molar-refractivity contribution >= 4 is 11.9 Å². The first-order chi connectivity index (χ1) is 9.88. The van der Waals surface area contributed by atoms with Crippen LogP contribution in [0.15, 0.2) is 16.5 Å². The van der Waals surface area contributed by atoms with Gasteiger partial charge in [-0.05, 0) is 39.6 Å². The molecule has 0 saturated carbocycles. The third-order valence-corrected chi connectivity index (χ3v) is 3.09. The van der Waals surface area contributed by atoms with Gasteiger partial charge in [-0.15, -0.1) is 0 Å². The molecule has 21 heavy (non-hydrogen) atoms. The zero-order valence-corrected chi connectivity index (χ0v) is 13.0. The van der Waals surface area contributed by atoms with Crippen molar-refractivity contribution in [3.63, 3.8) is 0 Å². The first-order valence-electron chi connectivity index (χ1n) is 7.08. The molecule has 0 unspecified atom stereocenters. The number of likely N-dealkylation sites (N-methyl/N-ethyl adjacent to an activating group) is 1. The van der Waals surface area contributed by atoms with Crippen LogP contribution in [0, 0.1) is 6.92 Å². The van der Waals surface area contributed by atoms with Gasteiger partial charge in [-0.1, -0.05) is 0 Å². The quantitative estimate of drug-likeness (QED) is 0.751. The minimum Gasteiger partial charge on any atom is -0.481 e. The monoisotopic (exact) mass is 296 g/mol. The van der Waals surface area contributed by atoms with Gasteiger partial charge in [-0.25, -0.2) is 0 Å². The molecule has 0 radical (unpaired) electrons. The lowest BCUT2D eigenvalue weighted by Crippen LogP contribution is -2.36. The summed E-state index contributed by atoms with van der Waals surface area (Å²) in [6, 6.07) is 3.73. The highest BCUT2D eigenvalue weighted by Gasteiger charge is 2.16. The van der Waals surface area contributed by atoms with E-state index >= 15 is 0 Å². The molecule has 1 amide bonds. The molecule has 0 aliphatic rings. The topological polar surface area (TPSA) is 74.0 Å². The van der Waals surface area contributed by atoms with E-state index in [0.29, 0.717) is 19.5 Å². The SMILES string of the molecule is Cc1ccc(CN(CCN(C)C)C(=O)CCCC(=O)O)o1. The van der Waals surface area contributed by atoms with Crippen molar-refractivity contribution in [2.45, 2.75) is 32.7 Å². The number of rotatable bonds is 9. The largest absolute Gasteiger partial charge is 0.481 e. The van der Waals surface area contributed by atoms with Crippen LogP contribution in [-0.4, -0.2) is 54.0 Å². The molecule has 0 fully saturated rings. The number of amides is 1. The van der Waals surface area contributed by atoms with Gasteiger partial charge in [0, 0.05) is 25.9 Å². The van der Waals surface area contributed by atoms with Crippen molar-refractivity contribution in [3.8, 4) is 0 Å². The molecule has 0 aliphatic carbocycles. The van der Waals surface area contributed by atoms with Crippen LogP contribution in [0.4, 0.5) is 0 Å². The predicted octanol–water partition coefficient (Wildman–Crippen LogP) is 1.73. The summed E-state index contributed by atoms with van der Waals surface area (Å²) in [4.78, 5) is 26.5. The van der Waals surface area contributed by atoms with E-state index in [4.69, 9.17) is 9.52 Å². The Balaban J connectivity index is 2.57. The van der Waals surface area contributed by atoms with Crippen LogP contribution in [0.25, 0.3) is 0 Å². The number of hydrogen-bond acceptors (Lipinski definition) is 4. The number of carbonyl (C=O) groups excluding carboxylic acids is 1. The lowest BCUT2D eigenvalue weighted by Gasteiger charge is -2.23. The number of aliphatic carboxylic acids is 1. The highest BCUT2D eigenvalue weighted by molar-refractivity contribution is 5.77. The molecule has 0 aliphatic heterocycles. The molecule has 0 spiro atoms. The average Bonchev–Trinajstić information content (AvgIpc) is 2.79. The van der Waals surface area contributed by atoms with Crippen molar-refractivity contribution in [2.75, 3.05) is 27.2 Å².